The van der Waals surface area contributed by atoms with Gasteiger partial charge in [0.25, 0.3) is 5.91 Å². The van der Waals surface area contributed by atoms with E-state index in [1.54, 1.807) is 43.5 Å². The molecule has 1 amide bonds. The lowest BCUT2D eigenvalue weighted by Crippen LogP contribution is -2.23. The van der Waals surface area contributed by atoms with Crippen LogP contribution in [0.5, 0.6) is 11.5 Å². The molecule has 0 spiro atoms. The van der Waals surface area contributed by atoms with Crippen LogP contribution in [0.25, 0.3) is 0 Å². The fourth-order valence-electron chi connectivity index (χ4n) is 2.52. The molecule has 2 aromatic carbocycles. The minimum absolute atomic E-state index is 0.228. The van der Waals surface area contributed by atoms with Gasteiger partial charge < -0.3 is 14.8 Å². The molecule has 0 aliphatic carbocycles. The highest BCUT2D eigenvalue weighted by molar-refractivity contribution is 5.95. The van der Waals surface area contributed by atoms with Crippen molar-refractivity contribution in [2.24, 2.45) is 0 Å². The SMILES string of the molecule is C=CCc1cc(C(=O)NCc2cccc(C#N)c2)cc(OC)c1OC. The van der Waals surface area contributed by atoms with E-state index in [-0.39, 0.29) is 5.91 Å². The Bertz CT molecular complexity index is 822. The molecule has 0 saturated heterocycles. The number of methoxy groups -OCH3 is 2. The number of ether oxygens (including phenoxy) is 2. The molecular weight excluding hydrogens is 316 g/mol. The van der Waals surface area contributed by atoms with Crippen LogP contribution in [-0.4, -0.2) is 20.1 Å². The first kappa shape index (κ1) is 18.1. The molecule has 0 unspecified atom stereocenters. The largest absolute Gasteiger partial charge is 0.493 e. The van der Waals surface area contributed by atoms with Gasteiger partial charge in [-0.25, -0.2) is 0 Å². The Morgan fingerprint density at radius 3 is 2.72 bits per heavy atom. The Hall–Kier alpha value is -3.26. The summed E-state index contributed by atoms with van der Waals surface area (Å²) in [5.41, 5.74) is 2.73. The maximum Gasteiger partial charge on any atom is 0.251 e. The molecule has 0 saturated carbocycles. The van der Waals surface area contributed by atoms with E-state index >= 15 is 0 Å². The summed E-state index contributed by atoms with van der Waals surface area (Å²) in [5, 5.41) is 11.8. The van der Waals surface area contributed by atoms with Crippen molar-refractivity contribution in [3.05, 3.63) is 71.3 Å². The van der Waals surface area contributed by atoms with Gasteiger partial charge in [0.05, 0.1) is 25.9 Å². The molecule has 2 aromatic rings. The van der Waals surface area contributed by atoms with Crippen molar-refractivity contribution < 1.29 is 14.3 Å². The van der Waals surface area contributed by atoms with Crippen LogP contribution < -0.4 is 14.8 Å². The van der Waals surface area contributed by atoms with E-state index in [9.17, 15) is 4.79 Å². The number of carbonyl (C=O) groups is 1. The summed E-state index contributed by atoms with van der Waals surface area (Å²) >= 11 is 0. The Kier molecular flexibility index (Phi) is 6.19. The molecule has 0 fully saturated rings. The van der Waals surface area contributed by atoms with Gasteiger partial charge in [-0.1, -0.05) is 18.2 Å². The molecule has 0 aliphatic heterocycles. The summed E-state index contributed by atoms with van der Waals surface area (Å²) in [4.78, 5) is 12.5. The molecule has 1 N–H and O–H groups in total. The smallest absolute Gasteiger partial charge is 0.251 e. The van der Waals surface area contributed by atoms with Crippen molar-refractivity contribution in [3.8, 4) is 17.6 Å². The lowest BCUT2D eigenvalue weighted by atomic mass is 10.0. The molecule has 0 aliphatic rings. The first-order chi connectivity index (χ1) is 12.1. The second kappa shape index (κ2) is 8.55. The monoisotopic (exact) mass is 336 g/mol. The van der Waals surface area contributed by atoms with E-state index in [4.69, 9.17) is 14.7 Å². The average Bonchev–Trinajstić information content (AvgIpc) is 2.65. The molecular formula is C20H20N2O3. The van der Waals surface area contributed by atoms with Gasteiger partial charge in [-0.05, 0) is 36.2 Å². The normalized spacial score (nSPS) is 9.80. The van der Waals surface area contributed by atoms with Crippen LogP contribution in [0.3, 0.4) is 0 Å². The summed E-state index contributed by atoms with van der Waals surface area (Å²) < 4.78 is 10.7. The lowest BCUT2D eigenvalue weighted by Gasteiger charge is -2.14. The zero-order valence-electron chi connectivity index (χ0n) is 14.3. The number of nitriles is 1. The average molecular weight is 336 g/mol. The summed E-state index contributed by atoms with van der Waals surface area (Å²) in [6.45, 7) is 4.06. The Balaban J connectivity index is 2.22. The van der Waals surface area contributed by atoms with Crippen molar-refractivity contribution in [2.45, 2.75) is 13.0 Å². The van der Waals surface area contributed by atoms with Crippen LogP contribution in [0.15, 0.2) is 49.1 Å². The molecule has 0 bridgehead atoms. The van der Waals surface area contributed by atoms with Gasteiger partial charge in [0.1, 0.15) is 0 Å². The van der Waals surface area contributed by atoms with Crippen LogP contribution in [0.2, 0.25) is 0 Å². The van der Waals surface area contributed by atoms with Crippen LogP contribution >= 0.6 is 0 Å². The van der Waals surface area contributed by atoms with E-state index in [1.165, 1.54) is 7.11 Å². The quantitative estimate of drug-likeness (QED) is 0.788. The van der Waals surface area contributed by atoms with Gasteiger partial charge >= 0.3 is 0 Å². The third kappa shape index (κ3) is 4.39. The van der Waals surface area contributed by atoms with Gasteiger partial charge in [-0.3, -0.25) is 4.79 Å². The second-order valence-electron chi connectivity index (χ2n) is 5.36. The predicted molar refractivity (Wildman–Crippen MR) is 95.8 cm³/mol. The number of benzene rings is 2. The number of hydrogen-bond acceptors (Lipinski definition) is 4. The molecule has 5 heteroatoms. The lowest BCUT2D eigenvalue weighted by molar-refractivity contribution is 0.0950. The molecule has 0 atom stereocenters. The van der Waals surface area contributed by atoms with E-state index in [1.807, 2.05) is 6.07 Å². The molecule has 0 radical (unpaired) electrons. The van der Waals surface area contributed by atoms with E-state index in [0.717, 1.165) is 11.1 Å². The molecule has 2 rings (SSSR count). The van der Waals surface area contributed by atoms with E-state index < -0.39 is 0 Å². The number of nitrogens with one attached hydrogen (secondary N) is 1. The van der Waals surface area contributed by atoms with Crippen molar-refractivity contribution in [2.75, 3.05) is 14.2 Å². The summed E-state index contributed by atoms with van der Waals surface area (Å²) in [5.74, 6) is 0.868. The zero-order valence-corrected chi connectivity index (χ0v) is 14.3. The van der Waals surface area contributed by atoms with Crippen LogP contribution in [0.4, 0.5) is 0 Å². The van der Waals surface area contributed by atoms with Gasteiger partial charge in [0.2, 0.25) is 0 Å². The first-order valence-corrected chi connectivity index (χ1v) is 7.76. The first-order valence-electron chi connectivity index (χ1n) is 7.76. The van der Waals surface area contributed by atoms with Crippen molar-refractivity contribution >= 4 is 5.91 Å². The van der Waals surface area contributed by atoms with Crippen LogP contribution in [0.1, 0.15) is 27.0 Å². The third-order valence-corrected chi connectivity index (χ3v) is 3.69. The molecule has 25 heavy (non-hydrogen) atoms. The van der Waals surface area contributed by atoms with Crippen molar-refractivity contribution in [1.29, 1.82) is 5.26 Å². The maximum absolute atomic E-state index is 12.5. The minimum Gasteiger partial charge on any atom is -0.493 e. The fourth-order valence-corrected chi connectivity index (χ4v) is 2.52. The zero-order chi connectivity index (χ0) is 18.2. The van der Waals surface area contributed by atoms with Crippen LogP contribution in [0, 0.1) is 11.3 Å². The number of allylic oxidation sites excluding steroid dienone is 1. The Morgan fingerprint density at radius 2 is 2.08 bits per heavy atom. The Morgan fingerprint density at radius 1 is 1.28 bits per heavy atom. The molecule has 0 heterocycles. The second-order valence-corrected chi connectivity index (χ2v) is 5.36. The number of nitrogens with zero attached hydrogens (tertiary/aromatic N) is 1. The molecule has 0 aromatic heterocycles. The van der Waals surface area contributed by atoms with Crippen molar-refractivity contribution in [3.63, 3.8) is 0 Å². The minimum atomic E-state index is -0.228. The fraction of sp³-hybridized carbons (Fsp3) is 0.200. The van der Waals surface area contributed by atoms with Gasteiger partial charge in [-0.15, -0.1) is 6.58 Å². The van der Waals surface area contributed by atoms with E-state index in [2.05, 4.69) is 18.0 Å². The van der Waals surface area contributed by atoms with E-state index in [0.29, 0.717) is 35.6 Å². The van der Waals surface area contributed by atoms with Crippen molar-refractivity contribution in [1.82, 2.24) is 5.32 Å². The van der Waals surface area contributed by atoms with Gasteiger partial charge in [0, 0.05) is 17.7 Å². The summed E-state index contributed by atoms with van der Waals surface area (Å²) in [6, 6.07) is 12.6. The summed E-state index contributed by atoms with van der Waals surface area (Å²) in [6.07, 6.45) is 2.30. The van der Waals surface area contributed by atoms with Gasteiger partial charge in [0.15, 0.2) is 11.5 Å². The highest BCUT2D eigenvalue weighted by atomic mass is 16.5. The number of hydrogen-bond donors (Lipinski definition) is 1. The topological polar surface area (TPSA) is 71.4 Å². The molecule has 128 valence electrons. The van der Waals surface area contributed by atoms with Crippen LogP contribution in [-0.2, 0) is 13.0 Å². The molecule has 5 nitrogen and oxygen atoms in total. The summed E-state index contributed by atoms with van der Waals surface area (Å²) in [7, 11) is 3.09. The predicted octanol–water partition coefficient (Wildman–Crippen LogP) is 3.23. The number of amides is 1. The third-order valence-electron chi connectivity index (χ3n) is 3.69. The maximum atomic E-state index is 12.5. The standard InChI is InChI=1S/C20H20N2O3/c1-4-6-16-10-17(11-18(24-2)19(16)25-3)20(23)22-13-15-8-5-7-14(9-15)12-21/h4-5,7-11H,1,6,13H2,2-3H3,(H,22,23). The highest BCUT2D eigenvalue weighted by Gasteiger charge is 2.15. The highest BCUT2D eigenvalue weighted by Crippen LogP contribution is 2.33. The number of carbonyl (C=O) groups excluding carboxylic acids is 1. The van der Waals surface area contributed by atoms with Gasteiger partial charge in [-0.2, -0.15) is 5.26 Å². The number of rotatable bonds is 7. The Labute approximate surface area is 147 Å².